The number of hydrogen-bond donors (Lipinski definition) is 0. The third-order valence-electron chi connectivity index (χ3n) is 4.58. The molecule has 2 heterocycles. The summed E-state index contributed by atoms with van der Waals surface area (Å²) in [5.41, 5.74) is 0. The van der Waals surface area contributed by atoms with Gasteiger partial charge in [0.1, 0.15) is 0 Å². The van der Waals surface area contributed by atoms with Gasteiger partial charge in [-0.2, -0.15) is 4.31 Å². The monoisotopic (exact) mass is 303 g/mol. The molecule has 0 aromatic carbocycles. The van der Waals surface area contributed by atoms with E-state index in [1.54, 1.807) is 4.31 Å². The number of likely N-dealkylation sites (tertiary alicyclic amines) is 1. The third kappa shape index (κ3) is 4.16. The molecule has 0 aromatic rings. The molecule has 0 amide bonds. The smallest absolute Gasteiger partial charge is 0.214 e. The molecule has 118 valence electrons. The van der Waals surface area contributed by atoms with Crippen molar-refractivity contribution in [1.29, 1.82) is 0 Å². The minimum absolute atomic E-state index is 0.290. The van der Waals surface area contributed by atoms with Gasteiger partial charge in [-0.25, -0.2) is 8.42 Å². The first kappa shape index (κ1) is 16.2. The van der Waals surface area contributed by atoms with Crippen LogP contribution in [0.4, 0.5) is 0 Å². The van der Waals surface area contributed by atoms with Crippen LogP contribution in [0.2, 0.25) is 0 Å². The highest BCUT2D eigenvalue weighted by atomic mass is 32.2. The van der Waals surface area contributed by atoms with Gasteiger partial charge in [-0.3, -0.25) is 4.90 Å². The first-order valence-electron chi connectivity index (χ1n) is 7.93. The molecule has 0 radical (unpaired) electrons. The molecular formula is C14H29N3O2S. The number of likely N-dealkylation sites (N-methyl/N-ethyl adjacent to an activating group) is 1. The lowest BCUT2D eigenvalue weighted by Crippen LogP contribution is -2.53. The Kier molecular flexibility index (Phi) is 5.84. The van der Waals surface area contributed by atoms with E-state index < -0.39 is 10.0 Å². The van der Waals surface area contributed by atoms with Crippen LogP contribution in [-0.2, 0) is 10.0 Å². The van der Waals surface area contributed by atoms with E-state index in [1.165, 1.54) is 25.8 Å². The number of nitrogens with zero attached hydrogens (tertiary/aromatic N) is 3. The number of piperidine rings is 1. The number of sulfonamides is 1. The van der Waals surface area contributed by atoms with E-state index in [0.29, 0.717) is 31.3 Å². The zero-order valence-corrected chi connectivity index (χ0v) is 13.7. The van der Waals surface area contributed by atoms with Crippen molar-refractivity contribution in [2.24, 2.45) is 0 Å². The molecule has 0 spiro atoms. The van der Waals surface area contributed by atoms with Crippen LogP contribution in [0.15, 0.2) is 0 Å². The number of piperazine rings is 1. The summed E-state index contributed by atoms with van der Waals surface area (Å²) in [5.74, 6) is 0.290. The van der Waals surface area contributed by atoms with Crippen molar-refractivity contribution in [3.8, 4) is 0 Å². The normalized spacial score (nSPS) is 27.8. The van der Waals surface area contributed by atoms with Crippen LogP contribution in [0.25, 0.3) is 0 Å². The zero-order chi connectivity index (χ0) is 14.6. The molecule has 0 saturated carbocycles. The molecule has 2 rings (SSSR count). The maximum Gasteiger partial charge on any atom is 0.214 e. The summed E-state index contributed by atoms with van der Waals surface area (Å²) in [4.78, 5) is 4.90. The van der Waals surface area contributed by atoms with Crippen molar-refractivity contribution in [3.63, 3.8) is 0 Å². The van der Waals surface area contributed by atoms with Gasteiger partial charge in [-0.05, 0) is 32.9 Å². The van der Waals surface area contributed by atoms with E-state index >= 15 is 0 Å². The van der Waals surface area contributed by atoms with Gasteiger partial charge in [-0.15, -0.1) is 0 Å². The van der Waals surface area contributed by atoms with Gasteiger partial charge >= 0.3 is 0 Å². The Morgan fingerprint density at radius 1 is 1.05 bits per heavy atom. The predicted molar refractivity (Wildman–Crippen MR) is 82.4 cm³/mol. The van der Waals surface area contributed by atoms with Gasteiger partial charge in [0.2, 0.25) is 10.0 Å². The van der Waals surface area contributed by atoms with Crippen LogP contribution in [0.3, 0.4) is 0 Å². The highest BCUT2D eigenvalue weighted by Gasteiger charge is 2.28. The van der Waals surface area contributed by atoms with Crippen LogP contribution in [0.1, 0.15) is 32.6 Å². The highest BCUT2D eigenvalue weighted by molar-refractivity contribution is 7.89. The Balaban J connectivity index is 1.79. The Labute approximate surface area is 124 Å². The first-order valence-corrected chi connectivity index (χ1v) is 9.54. The Hall–Kier alpha value is -0.170. The van der Waals surface area contributed by atoms with Crippen LogP contribution in [0, 0.1) is 0 Å². The maximum atomic E-state index is 12.0. The van der Waals surface area contributed by atoms with Crippen molar-refractivity contribution in [2.45, 2.75) is 38.6 Å². The first-order chi connectivity index (χ1) is 9.53. The lowest BCUT2D eigenvalue weighted by molar-refractivity contribution is 0.106. The minimum atomic E-state index is -3.00. The maximum absolute atomic E-state index is 12.0. The topological polar surface area (TPSA) is 43.9 Å². The molecule has 2 aliphatic heterocycles. The summed E-state index contributed by atoms with van der Waals surface area (Å²) < 4.78 is 25.7. The molecule has 2 aliphatic rings. The van der Waals surface area contributed by atoms with Gasteiger partial charge in [0.25, 0.3) is 0 Å². The van der Waals surface area contributed by atoms with E-state index in [2.05, 4.69) is 16.8 Å². The van der Waals surface area contributed by atoms with Gasteiger partial charge in [0, 0.05) is 38.8 Å². The van der Waals surface area contributed by atoms with Crippen LogP contribution >= 0.6 is 0 Å². The molecular weight excluding hydrogens is 274 g/mol. The second kappa shape index (κ2) is 7.20. The Morgan fingerprint density at radius 2 is 1.75 bits per heavy atom. The third-order valence-corrected chi connectivity index (χ3v) is 6.65. The quantitative estimate of drug-likeness (QED) is 0.754. The van der Waals surface area contributed by atoms with Crippen molar-refractivity contribution >= 4 is 10.0 Å². The van der Waals surface area contributed by atoms with Crippen molar-refractivity contribution < 1.29 is 8.42 Å². The molecule has 2 fully saturated rings. The molecule has 1 atom stereocenters. The fourth-order valence-corrected chi connectivity index (χ4v) is 4.74. The standard InChI is InChI=1S/C14H29N3O2S/c1-3-12-20(18,19)17-10-8-16(9-11-17)13-14-6-4-5-7-15(14)2/h14H,3-13H2,1-2H3. The average Bonchev–Trinajstić information content (AvgIpc) is 2.42. The van der Waals surface area contributed by atoms with Crippen molar-refractivity contribution in [3.05, 3.63) is 0 Å². The minimum Gasteiger partial charge on any atom is -0.302 e. The van der Waals surface area contributed by atoms with Gasteiger partial charge in [0.15, 0.2) is 0 Å². The summed E-state index contributed by atoms with van der Waals surface area (Å²) in [6.45, 7) is 7.32. The van der Waals surface area contributed by atoms with Gasteiger partial charge < -0.3 is 4.90 Å². The molecule has 2 saturated heterocycles. The Morgan fingerprint density at radius 3 is 2.35 bits per heavy atom. The number of rotatable bonds is 5. The predicted octanol–water partition coefficient (Wildman–Crippen LogP) is 0.828. The van der Waals surface area contributed by atoms with Gasteiger partial charge in [0.05, 0.1) is 5.75 Å². The van der Waals surface area contributed by atoms with Crippen LogP contribution < -0.4 is 0 Å². The zero-order valence-electron chi connectivity index (χ0n) is 12.9. The van der Waals surface area contributed by atoms with Crippen LogP contribution in [0.5, 0.6) is 0 Å². The molecule has 1 unspecified atom stereocenters. The average molecular weight is 303 g/mol. The van der Waals surface area contributed by atoms with E-state index in [0.717, 1.165) is 19.6 Å². The van der Waals surface area contributed by atoms with Crippen molar-refractivity contribution in [2.75, 3.05) is 52.1 Å². The fourth-order valence-electron chi connectivity index (χ4n) is 3.25. The molecule has 0 aromatic heterocycles. The molecule has 0 aliphatic carbocycles. The molecule has 6 heteroatoms. The molecule has 0 N–H and O–H groups in total. The number of hydrogen-bond acceptors (Lipinski definition) is 4. The van der Waals surface area contributed by atoms with E-state index in [1.807, 2.05) is 6.92 Å². The molecule has 20 heavy (non-hydrogen) atoms. The lowest BCUT2D eigenvalue weighted by atomic mass is 10.0. The van der Waals surface area contributed by atoms with E-state index in [4.69, 9.17) is 0 Å². The van der Waals surface area contributed by atoms with E-state index in [9.17, 15) is 8.42 Å². The summed E-state index contributed by atoms with van der Waals surface area (Å²) >= 11 is 0. The molecule has 5 nitrogen and oxygen atoms in total. The molecule has 0 bridgehead atoms. The second-order valence-electron chi connectivity index (χ2n) is 6.15. The summed E-state index contributed by atoms with van der Waals surface area (Å²) in [5, 5.41) is 0. The lowest BCUT2D eigenvalue weighted by Gasteiger charge is -2.39. The Bertz CT molecular complexity index is 391. The fraction of sp³-hybridized carbons (Fsp3) is 1.00. The summed E-state index contributed by atoms with van der Waals surface area (Å²) in [6, 6.07) is 0.655. The largest absolute Gasteiger partial charge is 0.302 e. The van der Waals surface area contributed by atoms with E-state index in [-0.39, 0.29) is 0 Å². The SMILES string of the molecule is CCCS(=O)(=O)N1CCN(CC2CCCCN2C)CC1. The van der Waals surface area contributed by atoms with Crippen molar-refractivity contribution in [1.82, 2.24) is 14.1 Å². The summed E-state index contributed by atoms with van der Waals surface area (Å²) in [6.07, 6.45) is 4.64. The van der Waals surface area contributed by atoms with Crippen LogP contribution in [-0.4, -0.2) is 80.6 Å². The van der Waals surface area contributed by atoms with Gasteiger partial charge in [-0.1, -0.05) is 13.3 Å². The summed E-state index contributed by atoms with van der Waals surface area (Å²) in [7, 11) is -0.790. The highest BCUT2D eigenvalue weighted by Crippen LogP contribution is 2.17. The second-order valence-corrected chi connectivity index (χ2v) is 8.23.